The Kier molecular flexibility index (Phi) is 3.02. The molecule has 2 N–H and O–H groups in total. The summed E-state index contributed by atoms with van der Waals surface area (Å²) in [6.07, 6.45) is 0. The Morgan fingerprint density at radius 3 is 2.82 bits per heavy atom. The summed E-state index contributed by atoms with van der Waals surface area (Å²) in [5.41, 5.74) is 0.620. The van der Waals surface area contributed by atoms with Gasteiger partial charge in [0.2, 0.25) is 0 Å². The summed E-state index contributed by atoms with van der Waals surface area (Å²) in [5, 5.41) is 7.57. The molecule has 0 aliphatic rings. The monoisotopic (exact) mass is 193 g/mol. The Labute approximate surface area is 73.2 Å². The third kappa shape index (κ3) is 2.27. The second-order valence-electron chi connectivity index (χ2n) is 1.79. The molecule has 4 nitrogen and oxygen atoms in total. The van der Waals surface area contributed by atoms with Gasteiger partial charge in [0.05, 0.1) is 6.61 Å². The Bertz CT molecular complexity index is 255. The van der Waals surface area contributed by atoms with E-state index in [1.807, 2.05) is 0 Å². The Morgan fingerprint density at radius 2 is 2.18 bits per heavy atom. The molecule has 0 bridgehead atoms. The lowest BCUT2D eigenvalue weighted by atomic mass is 10.3. The summed E-state index contributed by atoms with van der Waals surface area (Å²) in [5.74, 6) is 4.83. The van der Waals surface area contributed by atoms with Crippen molar-refractivity contribution in [2.24, 2.45) is 5.90 Å². The van der Waals surface area contributed by atoms with Crippen molar-refractivity contribution in [3.8, 4) is 0 Å². The van der Waals surface area contributed by atoms with Gasteiger partial charge < -0.3 is 0 Å². The van der Waals surface area contributed by atoms with E-state index in [0.717, 1.165) is 0 Å². The lowest BCUT2D eigenvalue weighted by molar-refractivity contribution is 0.124. The summed E-state index contributed by atoms with van der Waals surface area (Å²) in [6.45, 7) is 0.175. The highest BCUT2D eigenvalue weighted by Gasteiger charge is 2.02. The summed E-state index contributed by atoms with van der Waals surface area (Å²) in [7, 11) is 0. The van der Waals surface area contributed by atoms with Gasteiger partial charge in [-0.05, 0) is 6.07 Å². The van der Waals surface area contributed by atoms with Gasteiger partial charge in [-0.3, -0.25) is 4.84 Å². The molecule has 1 aromatic heterocycles. The van der Waals surface area contributed by atoms with Crippen LogP contribution in [0.5, 0.6) is 0 Å². The molecular formula is C5H5Cl2N3O. The molecule has 11 heavy (non-hydrogen) atoms. The molecule has 0 saturated carbocycles. The molecule has 0 fully saturated rings. The number of aromatic nitrogens is 2. The van der Waals surface area contributed by atoms with Gasteiger partial charge >= 0.3 is 0 Å². The van der Waals surface area contributed by atoms with Crippen LogP contribution in [0.25, 0.3) is 0 Å². The Balaban J connectivity index is 2.93. The van der Waals surface area contributed by atoms with Crippen LogP contribution in [0.1, 0.15) is 5.56 Å². The zero-order chi connectivity index (χ0) is 8.27. The minimum absolute atomic E-state index is 0.175. The maximum Gasteiger partial charge on any atom is 0.157 e. The van der Waals surface area contributed by atoms with E-state index in [-0.39, 0.29) is 16.9 Å². The third-order valence-corrected chi connectivity index (χ3v) is 1.53. The molecule has 0 aliphatic carbocycles. The zero-order valence-electron chi connectivity index (χ0n) is 5.42. The average molecular weight is 194 g/mol. The molecule has 6 heteroatoms. The van der Waals surface area contributed by atoms with Crippen molar-refractivity contribution in [1.29, 1.82) is 0 Å². The second-order valence-corrected chi connectivity index (χ2v) is 2.54. The standard InChI is InChI=1S/C5H5Cl2N3O/c6-4-1-3(2-11-8)5(7)10-9-4/h1H,2,8H2. The molecular weight excluding hydrogens is 189 g/mol. The molecule has 1 aromatic rings. The summed E-state index contributed by atoms with van der Waals surface area (Å²) < 4.78 is 0. The van der Waals surface area contributed by atoms with Crippen LogP contribution < -0.4 is 5.90 Å². The van der Waals surface area contributed by atoms with E-state index in [4.69, 9.17) is 29.1 Å². The zero-order valence-corrected chi connectivity index (χ0v) is 6.93. The molecule has 1 rings (SSSR count). The fraction of sp³-hybridized carbons (Fsp3) is 0.200. The van der Waals surface area contributed by atoms with Crippen LogP contribution in [0.4, 0.5) is 0 Å². The normalized spacial score (nSPS) is 10.1. The van der Waals surface area contributed by atoms with Gasteiger partial charge in [0.15, 0.2) is 10.3 Å². The van der Waals surface area contributed by atoms with Crippen LogP contribution in [-0.2, 0) is 11.4 Å². The molecule has 0 radical (unpaired) electrons. The van der Waals surface area contributed by atoms with Crippen molar-refractivity contribution in [2.45, 2.75) is 6.61 Å². The third-order valence-electron chi connectivity index (χ3n) is 1.03. The van der Waals surface area contributed by atoms with E-state index in [2.05, 4.69) is 15.0 Å². The molecule has 0 atom stereocenters. The molecule has 0 aromatic carbocycles. The topological polar surface area (TPSA) is 61.0 Å². The van der Waals surface area contributed by atoms with Gasteiger partial charge in [-0.15, -0.1) is 10.2 Å². The van der Waals surface area contributed by atoms with E-state index in [1.165, 1.54) is 0 Å². The molecule has 0 amide bonds. The predicted molar refractivity (Wildman–Crippen MR) is 41.0 cm³/mol. The number of hydrogen-bond acceptors (Lipinski definition) is 4. The summed E-state index contributed by atoms with van der Waals surface area (Å²) >= 11 is 11.1. The average Bonchev–Trinajstić information content (AvgIpc) is 1.98. The Hall–Kier alpha value is -0.420. The van der Waals surface area contributed by atoms with Gasteiger partial charge in [-0.1, -0.05) is 23.2 Å². The van der Waals surface area contributed by atoms with Gasteiger partial charge in [-0.2, -0.15) is 0 Å². The van der Waals surface area contributed by atoms with Crippen molar-refractivity contribution < 1.29 is 4.84 Å². The van der Waals surface area contributed by atoms with Crippen LogP contribution in [0.3, 0.4) is 0 Å². The van der Waals surface area contributed by atoms with Crippen molar-refractivity contribution >= 4 is 23.2 Å². The highest BCUT2D eigenvalue weighted by molar-refractivity contribution is 6.31. The quantitative estimate of drug-likeness (QED) is 0.717. The number of hydrogen-bond donors (Lipinski definition) is 1. The summed E-state index contributed by atoms with van der Waals surface area (Å²) in [6, 6.07) is 1.55. The highest BCUT2D eigenvalue weighted by Crippen LogP contribution is 2.15. The van der Waals surface area contributed by atoms with E-state index < -0.39 is 0 Å². The number of nitrogens with zero attached hydrogens (tertiary/aromatic N) is 2. The van der Waals surface area contributed by atoms with Gasteiger partial charge in [-0.25, -0.2) is 5.90 Å². The van der Waals surface area contributed by atoms with E-state index in [1.54, 1.807) is 6.07 Å². The fourth-order valence-corrected chi connectivity index (χ4v) is 0.895. The first-order valence-corrected chi connectivity index (χ1v) is 3.49. The highest BCUT2D eigenvalue weighted by atomic mass is 35.5. The molecule has 60 valence electrons. The number of rotatable bonds is 2. The first-order chi connectivity index (χ1) is 5.24. The molecule has 0 unspecified atom stereocenters. The minimum atomic E-state index is 0.175. The Morgan fingerprint density at radius 1 is 1.45 bits per heavy atom. The maximum absolute atomic E-state index is 5.61. The van der Waals surface area contributed by atoms with Crippen LogP contribution in [-0.4, -0.2) is 10.2 Å². The van der Waals surface area contributed by atoms with Crippen molar-refractivity contribution in [1.82, 2.24) is 10.2 Å². The maximum atomic E-state index is 5.61. The fourth-order valence-electron chi connectivity index (χ4n) is 0.579. The predicted octanol–water partition coefficient (Wildman–Crippen LogP) is 1.17. The van der Waals surface area contributed by atoms with Gasteiger partial charge in [0, 0.05) is 5.56 Å². The lowest BCUT2D eigenvalue weighted by Crippen LogP contribution is -2.01. The molecule has 0 saturated heterocycles. The van der Waals surface area contributed by atoms with Crippen molar-refractivity contribution in [3.63, 3.8) is 0 Å². The first-order valence-electron chi connectivity index (χ1n) is 2.73. The van der Waals surface area contributed by atoms with E-state index in [0.29, 0.717) is 5.56 Å². The van der Waals surface area contributed by atoms with Crippen LogP contribution in [0, 0.1) is 0 Å². The van der Waals surface area contributed by atoms with E-state index >= 15 is 0 Å². The minimum Gasteiger partial charge on any atom is -0.300 e. The largest absolute Gasteiger partial charge is 0.300 e. The SMILES string of the molecule is NOCc1cc(Cl)nnc1Cl. The van der Waals surface area contributed by atoms with Crippen LogP contribution in [0.15, 0.2) is 6.07 Å². The number of nitrogens with two attached hydrogens (primary N) is 1. The molecule has 1 heterocycles. The van der Waals surface area contributed by atoms with Crippen molar-refractivity contribution in [2.75, 3.05) is 0 Å². The van der Waals surface area contributed by atoms with Crippen molar-refractivity contribution in [3.05, 3.63) is 21.9 Å². The van der Waals surface area contributed by atoms with Crippen LogP contribution in [0.2, 0.25) is 10.3 Å². The lowest BCUT2D eigenvalue weighted by Gasteiger charge is -1.99. The first kappa shape index (κ1) is 8.67. The van der Waals surface area contributed by atoms with E-state index in [9.17, 15) is 0 Å². The van der Waals surface area contributed by atoms with Gasteiger partial charge in [0.25, 0.3) is 0 Å². The smallest absolute Gasteiger partial charge is 0.157 e. The number of halogens is 2. The molecule has 0 spiro atoms. The molecule has 0 aliphatic heterocycles. The van der Waals surface area contributed by atoms with Crippen LogP contribution >= 0.6 is 23.2 Å². The van der Waals surface area contributed by atoms with Gasteiger partial charge in [0.1, 0.15) is 0 Å². The summed E-state index contributed by atoms with van der Waals surface area (Å²) in [4.78, 5) is 4.35. The second kappa shape index (κ2) is 3.82.